The molecule has 1 rings (SSSR count). The van der Waals surface area contributed by atoms with Gasteiger partial charge in [0.25, 0.3) is 5.56 Å². The summed E-state index contributed by atoms with van der Waals surface area (Å²) >= 11 is 0. The molecule has 0 amide bonds. The molecule has 84 valence electrons. The van der Waals surface area contributed by atoms with Crippen LogP contribution in [0.4, 0.5) is 0 Å². The Labute approximate surface area is 88.4 Å². The number of nitrogens with one attached hydrogen (secondary N) is 1. The summed E-state index contributed by atoms with van der Waals surface area (Å²) < 4.78 is 9.85. The zero-order valence-electron chi connectivity index (χ0n) is 9.08. The average Bonchev–Trinajstić information content (AvgIpc) is 2.18. The minimum absolute atomic E-state index is 0.135. The van der Waals surface area contributed by atoms with Crippen LogP contribution in [0.2, 0.25) is 0 Å². The van der Waals surface area contributed by atoms with Crippen LogP contribution in [0.25, 0.3) is 0 Å². The number of methoxy groups -OCH3 is 2. The fraction of sp³-hybridized carbons (Fsp3) is 0.600. The third-order valence-electron chi connectivity index (χ3n) is 1.90. The van der Waals surface area contributed by atoms with Crippen molar-refractivity contribution in [1.82, 2.24) is 9.97 Å². The number of H-pyrrole nitrogens is 1. The number of hydrogen-bond donors (Lipinski definition) is 1. The van der Waals surface area contributed by atoms with Crippen molar-refractivity contribution in [3.63, 3.8) is 0 Å². The van der Waals surface area contributed by atoms with E-state index in [9.17, 15) is 4.79 Å². The quantitative estimate of drug-likeness (QED) is 0.697. The standard InChI is InChI=1S/C10H16N2O3/c1-14-5-3-4-9-11-8(7-15-2)6-10(13)12-9/h6H,3-5,7H2,1-2H3,(H,11,12,13). The molecule has 0 fully saturated rings. The average molecular weight is 212 g/mol. The van der Waals surface area contributed by atoms with E-state index >= 15 is 0 Å². The van der Waals surface area contributed by atoms with Crippen molar-refractivity contribution in [1.29, 1.82) is 0 Å². The molecule has 1 N–H and O–H groups in total. The first kappa shape index (κ1) is 11.9. The van der Waals surface area contributed by atoms with E-state index in [-0.39, 0.29) is 5.56 Å². The van der Waals surface area contributed by atoms with Gasteiger partial charge in [-0.15, -0.1) is 0 Å². The summed E-state index contributed by atoms with van der Waals surface area (Å²) in [5, 5.41) is 0. The molecule has 0 unspecified atom stereocenters. The molecule has 0 bridgehead atoms. The van der Waals surface area contributed by atoms with Gasteiger partial charge >= 0.3 is 0 Å². The normalized spacial score (nSPS) is 10.5. The van der Waals surface area contributed by atoms with Crippen molar-refractivity contribution in [2.75, 3.05) is 20.8 Å². The highest BCUT2D eigenvalue weighted by Gasteiger charge is 2.00. The summed E-state index contributed by atoms with van der Waals surface area (Å²) in [6.45, 7) is 1.03. The van der Waals surface area contributed by atoms with Crippen LogP contribution in [0.15, 0.2) is 10.9 Å². The predicted molar refractivity (Wildman–Crippen MR) is 55.8 cm³/mol. The molecule has 5 nitrogen and oxygen atoms in total. The number of hydrogen-bond acceptors (Lipinski definition) is 4. The molecule has 0 aromatic carbocycles. The van der Waals surface area contributed by atoms with Crippen molar-refractivity contribution in [3.05, 3.63) is 27.9 Å². The number of nitrogens with zero attached hydrogens (tertiary/aromatic N) is 1. The largest absolute Gasteiger partial charge is 0.385 e. The van der Waals surface area contributed by atoms with Crippen LogP contribution in [0.5, 0.6) is 0 Å². The zero-order chi connectivity index (χ0) is 11.1. The van der Waals surface area contributed by atoms with Gasteiger partial charge in [-0.3, -0.25) is 4.79 Å². The Kier molecular flexibility index (Phi) is 5.00. The third-order valence-corrected chi connectivity index (χ3v) is 1.90. The molecule has 0 saturated carbocycles. The minimum atomic E-state index is -0.135. The molecule has 1 aromatic heterocycles. The monoisotopic (exact) mass is 212 g/mol. The van der Waals surface area contributed by atoms with Gasteiger partial charge < -0.3 is 14.5 Å². The van der Waals surface area contributed by atoms with Crippen molar-refractivity contribution in [2.45, 2.75) is 19.4 Å². The lowest BCUT2D eigenvalue weighted by Gasteiger charge is -2.03. The van der Waals surface area contributed by atoms with Gasteiger partial charge in [-0.25, -0.2) is 4.98 Å². The van der Waals surface area contributed by atoms with Gasteiger partial charge in [0, 0.05) is 33.3 Å². The van der Waals surface area contributed by atoms with E-state index in [2.05, 4.69) is 9.97 Å². The van der Waals surface area contributed by atoms with E-state index in [1.807, 2.05) is 0 Å². The summed E-state index contributed by atoms with van der Waals surface area (Å²) in [7, 11) is 3.23. The summed E-state index contributed by atoms with van der Waals surface area (Å²) in [6.07, 6.45) is 1.55. The first-order valence-electron chi connectivity index (χ1n) is 4.83. The predicted octanol–water partition coefficient (Wildman–Crippen LogP) is 0.495. The minimum Gasteiger partial charge on any atom is -0.385 e. The summed E-state index contributed by atoms with van der Waals surface area (Å²) in [5.41, 5.74) is 0.526. The van der Waals surface area contributed by atoms with Crippen LogP contribution in [0, 0.1) is 0 Å². The summed E-state index contributed by atoms with van der Waals surface area (Å²) in [6, 6.07) is 1.45. The van der Waals surface area contributed by atoms with Crippen molar-refractivity contribution < 1.29 is 9.47 Å². The topological polar surface area (TPSA) is 64.2 Å². The molecular formula is C10H16N2O3. The fourth-order valence-electron chi connectivity index (χ4n) is 1.29. The van der Waals surface area contributed by atoms with E-state index < -0.39 is 0 Å². The highest BCUT2D eigenvalue weighted by Crippen LogP contribution is 1.97. The van der Waals surface area contributed by atoms with Crippen LogP contribution >= 0.6 is 0 Å². The Morgan fingerprint density at radius 3 is 2.87 bits per heavy atom. The third kappa shape index (κ3) is 4.22. The summed E-state index contributed by atoms with van der Waals surface area (Å²) in [4.78, 5) is 18.2. The first-order valence-corrected chi connectivity index (χ1v) is 4.83. The second-order valence-electron chi connectivity index (χ2n) is 3.21. The van der Waals surface area contributed by atoms with Gasteiger partial charge in [0.15, 0.2) is 0 Å². The van der Waals surface area contributed by atoms with E-state index in [4.69, 9.17) is 9.47 Å². The Balaban J connectivity index is 2.66. The summed E-state index contributed by atoms with van der Waals surface area (Å²) in [5.74, 6) is 0.687. The van der Waals surface area contributed by atoms with Crippen molar-refractivity contribution >= 4 is 0 Å². The molecule has 1 heterocycles. The molecule has 0 saturated heterocycles. The Morgan fingerprint density at radius 1 is 1.40 bits per heavy atom. The lowest BCUT2D eigenvalue weighted by atomic mass is 10.3. The van der Waals surface area contributed by atoms with Crippen LogP contribution in [0.3, 0.4) is 0 Å². The van der Waals surface area contributed by atoms with Gasteiger partial charge in [-0.2, -0.15) is 0 Å². The second kappa shape index (κ2) is 6.31. The lowest BCUT2D eigenvalue weighted by molar-refractivity contribution is 0.180. The van der Waals surface area contributed by atoms with E-state index in [1.54, 1.807) is 14.2 Å². The van der Waals surface area contributed by atoms with Crippen LogP contribution in [0.1, 0.15) is 17.9 Å². The molecule has 15 heavy (non-hydrogen) atoms. The van der Waals surface area contributed by atoms with Gasteiger partial charge in [-0.1, -0.05) is 0 Å². The maximum atomic E-state index is 11.2. The smallest absolute Gasteiger partial charge is 0.251 e. The Hall–Kier alpha value is -1.20. The maximum Gasteiger partial charge on any atom is 0.251 e. The zero-order valence-corrected chi connectivity index (χ0v) is 9.08. The van der Waals surface area contributed by atoms with Crippen molar-refractivity contribution in [2.24, 2.45) is 0 Å². The molecular weight excluding hydrogens is 196 g/mol. The number of aromatic nitrogens is 2. The molecule has 5 heteroatoms. The highest BCUT2D eigenvalue weighted by atomic mass is 16.5. The maximum absolute atomic E-state index is 11.2. The molecule has 0 atom stereocenters. The van der Waals surface area contributed by atoms with E-state index in [0.29, 0.717) is 31.2 Å². The van der Waals surface area contributed by atoms with Gasteiger partial charge in [0.05, 0.1) is 12.3 Å². The van der Waals surface area contributed by atoms with Crippen LogP contribution < -0.4 is 5.56 Å². The highest BCUT2D eigenvalue weighted by molar-refractivity contribution is 5.01. The van der Waals surface area contributed by atoms with Gasteiger partial charge in [0.2, 0.25) is 0 Å². The van der Waals surface area contributed by atoms with E-state index in [0.717, 1.165) is 6.42 Å². The second-order valence-corrected chi connectivity index (χ2v) is 3.21. The lowest BCUT2D eigenvalue weighted by Crippen LogP contribution is -2.13. The first-order chi connectivity index (χ1) is 7.26. The van der Waals surface area contributed by atoms with Crippen molar-refractivity contribution in [3.8, 4) is 0 Å². The van der Waals surface area contributed by atoms with Gasteiger partial charge in [-0.05, 0) is 6.42 Å². The molecule has 0 spiro atoms. The van der Waals surface area contributed by atoms with Crippen LogP contribution in [-0.4, -0.2) is 30.8 Å². The van der Waals surface area contributed by atoms with Gasteiger partial charge in [0.1, 0.15) is 5.82 Å². The number of aryl methyl sites for hydroxylation is 1. The van der Waals surface area contributed by atoms with Crippen LogP contribution in [-0.2, 0) is 22.5 Å². The molecule has 0 aliphatic rings. The molecule has 1 aromatic rings. The number of aromatic amines is 1. The molecule has 0 aliphatic carbocycles. The SMILES string of the molecule is COCCCc1nc(COC)cc(=O)[nH]1. The number of rotatable bonds is 6. The molecule has 0 aliphatic heterocycles. The Bertz CT molecular complexity index is 349. The van der Waals surface area contributed by atoms with E-state index in [1.165, 1.54) is 6.07 Å². The fourth-order valence-corrected chi connectivity index (χ4v) is 1.29. The Morgan fingerprint density at radius 2 is 2.20 bits per heavy atom. The molecule has 0 radical (unpaired) electrons. The number of ether oxygens (including phenoxy) is 2.